The van der Waals surface area contributed by atoms with E-state index in [1.807, 2.05) is 72.5 Å². The maximum Gasteiger partial charge on any atom is 0.407 e. The van der Waals surface area contributed by atoms with Crippen molar-refractivity contribution in [2.45, 2.75) is 76.8 Å². The molecule has 1 amide bonds. The van der Waals surface area contributed by atoms with Crippen LogP contribution in [0.3, 0.4) is 0 Å². The van der Waals surface area contributed by atoms with Crippen molar-refractivity contribution in [3.63, 3.8) is 0 Å². The van der Waals surface area contributed by atoms with Crippen LogP contribution in [0.25, 0.3) is 0 Å². The maximum atomic E-state index is 12.7. The van der Waals surface area contributed by atoms with E-state index in [1.165, 1.54) is 0 Å². The van der Waals surface area contributed by atoms with Gasteiger partial charge in [0.05, 0.1) is 0 Å². The number of hydrogen-bond donors (Lipinski definition) is 3. The lowest BCUT2D eigenvalue weighted by Gasteiger charge is -2.34. The molecular weight excluding hydrogens is 430 g/mol. The lowest BCUT2D eigenvalue weighted by Crippen LogP contribution is -2.48. The van der Waals surface area contributed by atoms with Crippen molar-refractivity contribution in [2.24, 2.45) is 11.7 Å². The Hall–Kier alpha value is -2.90. The Labute approximate surface area is 202 Å². The van der Waals surface area contributed by atoms with Gasteiger partial charge in [-0.3, -0.25) is 9.69 Å². The van der Waals surface area contributed by atoms with Gasteiger partial charge in [0.1, 0.15) is 12.6 Å². The van der Waals surface area contributed by atoms with E-state index in [2.05, 4.69) is 12.2 Å². The molecule has 2 aromatic rings. The summed E-state index contributed by atoms with van der Waals surface area (Å²) in [6.07, 6.45) is 2.46. The zero-order valence-corrected chi connectivity index (χ0v) is 20.1. The van der Waals surface area contributed by atoms with E-state index in [1.54, 1.807) is 0 Å². The number of hydrogen-bond acceptors (Lipinski definition) is 5. The Morgan fingerprint density at radius 2 is 1.74 bits per heavy atom. The minimum Gasteiger partial charge on any atom is -0.480 e. The predicted octanol–water partition coefficient (Wildman–Crippen LogP) is 4.16. The lowest BCUT2D eigenvalue weighted by atomic mass is 9.87. The molecule has 1 aliphatic rings. The number of nitrogens with two attached hydrogens (primary N) is 1. The monoisotopic (exact) mass is 467 g/mol. The van der Waals surface area contributed by atoms with Crippen LogP contribution in [0.1, 0.15) is 50.7 Å². The fraction of sp³-hybridized carbons (Fsp3) is 0.481. The molecule has 7 heteroatoms. The molecule has 184 valence electrons. The molecule has 4 N–H and O–H groups in total. The van der Waals surface area contributed by atoms with Crippen LogP contribution in [0.4, 0.5) is 4.79 Å². The second kappa shape index (κ2) is 12.5. The van der Waals surface area contributed by atoms with Crippen LogP contribution in [0.2, 0.25) is 0 Å². The molecule has 7 nitrogen and oxygen atoms in total. The number of benzene rings is 2. The topological polar surface area (TPSA) is 105 Å². The summed E-state index contributed by atoms with van der Waals surface area (Å²) in [5, 5.41) is 13.0. The molecule has 1 heterocycles. The maximum absolute atomic E-state index is 12.7. The number of rotatable bonds is 11. The van der Waals surface area contributed by atoms with Gasteiger partial charge in [-0.1, -0.05) is 74.0 Å². The molecule has 3 rings (SSSR count). The van der Waals surface area contributed by atoms with Gasteiger partial charge >= 0.3 is 12.1 Å². The number of carboxylic acids is 1. The quantitative estimate of drug-likeness (QED) is 0.458. The number of carboxylic acid groups (broad SMARTS) is 1. The first kappa shape index (κ1) is 25.7. The highest BCUT2D eigenvalue weighted by atomic mass is 16.5. The molecule has 34 heavy (non-hydrogen) atoms. The highest BCUT2D eigenvalue weighted by Gasteiger charge is 2.46. The van der Waals surface area contributed by atoms with Crippen LogP contribution in [-0.4, -0.2) is 46.2 Å². The van der Waals surface area contributed by atoms with E-state index >= 15 is 0 Å². The summed E-state index contributed by atoms with van der Waals surface area (Å²) in [7, 11) is 0. The SMILES string of the molecule is CCCC(CC1C(NC(=O)OCc2ccccc2)CC(C(=O)O)N1Cc1ccccc1)C(C)N. The van der Waals surface area contributed by atoms with Crippen molar-refractivity contribution in [2.75, 3.05) is 0 Å². The van der Waals surface area contributed by atoms with Crippen LogP contribution >= 0.6 is 0 Å². The first-order valence-corrected chi connectivity index (χ1v) is 12.1. The van der Waals surface area contributed by atoms with E-state index in [0.717, 1.165) is 24.0 Å². The van der Waals surface area contributed by atoms with Gasteiger partial charge in [-0.05, 0) is 43.2 Å². The number of nitrogens with one attached hydrogen (secondary N) is 1. The Kier molecular flexibility index (Phi) is 9.48. The Morgan fingerprint density at radius 1 is 1.12 bits per heavy atom. The van der Waals surface area contributed by atoms with Crippen LogP contribution in [0, 0.1) is 5.92 Å². The van der Waals surface area contributed by atoms with Crippen molar-refractivity contribution in [3.05, 3.63) is 71.8 Å². The largest absolute Gasteiger partial charge is 0.480 e. The number of nitrogens with zero attached hydrogens (tertiary/aromatic N) is 1. The van der Waals surface area contributed by atoms with Gasteiger partial charge < -0.3 is 20.9 Å². The summed E-state index contributed by atoms with van der Waals surface area (Å²) in [6.45, 7) is 4.79. The number of likely N-dealkylation sites (tertiary alicyclic amines) is 1. The van der Waals surface area contributed by atoms with Crippen molar-refractivity contribution >= 4 is 12.1 Å². The average molecular weight is 468 g/mol. The molecule has 1 fully saturated rings. The smallest absolute Gasteiger partial charge is 0.407 e. The van der Waals surface area contributed by atoms with Gasteiger partial charge in [0.2, 0.25) is 0 Å². The molecule has 0 saturated carbocycles. The van der Waals surface area contributed by atoms with Gasteiger partial charge in [-0.25, -0.2) is 4.79 Å². The van der Waals surface area contributed by atoms with Crippen LogP contribution in [-0.2, 0) is 22.7 Å². The normalized spacial score (nSPS) is 22.1. The van der Waals surface area contributed by atoms with Crippen LogP contribution in [0.15, 0.2) is 60.7 Å². The summed E-state index contributed by atoms with van der Waals surface area (Å²) in [4.78, 5) is 26.9. The van der Waals surface area contributed by atoms with Crippen LogP contribution < -0.4 is 11.1 Å². The molecule has 0 spiro atoms. The number of ether oxygens (including phenoxy) is 1. The number of amides is 1. The number of alkyl carbamates (subject to hydrolysis) is 1. The van der Waals surface area contributed by atoms with Gasteiger partial charge in [0, 0.05) is 24.7 Å². The fourth-order valence-electron chi connectivity index (χ4n) is 4.91. The highest BCUT2D eigenvalue weighted by molar-refractivity contribution is 5.75. The summed E-state index contributed by atoms with van der Waals surface area (Å²) in [5.41, 5.74) is 8.24. The van der Waals surface area contributed by atoms with Crippen molar-refractivity contribution in [3.8, 4) is 0 Å². The highest BCUT2D eigenvalue weighted by Crippen LogP contribution is 2.33. The van der Waals surface area contributed by atoms with Crippen molar-refractivity contribution in [1.29, 1.82) is 0 Å². The fourth-order valence-corrected chi connectivity index (χ4v) is 4.91. The first-order valence-electron chi connectivity index (χ1n) is 12.1. The second-order valence-corrected chi connectivity index (χ2v) is 9.27. The minimum atomic E-state index is -0.879. The standard InChI is InChI=1S/C27H37N3O4/c1-3-10-22(19(2)28)15-24-23(29-27(33)34-18-21-13-8-5-9-14-21)16-25(26(31)32)30(24)17-20-11-6-4-7-12-20/h4-9,11-14,19,22-25H,3,10,15-18,28H2,1-2H3,(H,29,33)(H,31,32). The first-order chi connectivity index (χ1) is 16.4. The van der Waals surface area contributed by atoms with Crippen molar-refractivity contribution < 1.29 is 19.4 Å². The van der Waals surface area contributed by atoms with E-state index in [9.17, 15) is 14.7 Å². The zero-order chi connectivity index (χ0) is 24.5. The summed E-state index contributed by atoms with van der Waals surface area (Å²) in [5.74, 6) is -0.652. The average Bonchev–Trinajstić information content (AvgIpc) is 3.15. The molecule has 0 bridgehead atoms. The van der Waals surface area contributed by atoms with E-state index in [0.29, 0.717) is 19.4 Å². The molecule has 0 aliphatic carbocycles. The third-order valence-electron chi connectivity index (χ3n) is 6.72. The van der Waals surface area contributed by atoms with Gasteiger partial charge in [-0.2, -0.15) is 0 Å². The Morgan fingerprint density at radius 3 is 2.29 bits per heavy atom. The number of carbonyl (C=O) groups excluding carboxylic acids is 1. The summed E-state index contributed by atoms with van der Waals surface area (Å²) >= 11 is 0. The molecule has 0 aromatic heterocycles. The van der Waals surface area contributed by atoms with E-state index < -0.39 is 18.1 Å². The predicted molar refractivity (Wildman–Crippen MR) is 132 cm³/mol. The molecule has 2 aromatic carbocycles. The van der Waals surface area contributed by atoms with Gasteiger partial charge in [0.25, 0.3) is 0 Å². The van der Waals surface area contributed by atoms with E-state index in [-0.39, 0.29) is 30.7 Å². The number of aliphatic carboxylic acids is 1. The van der Waals surface area contributed by atoms with Gasteiger partial charge in [0.15, 0.2) is 0 Å². The minimum absolute atomic E-state index is 0.0203. The third kappa shape index (κ3) is 7.05. The Bertz CT molecular complexity index is 907. The van der Waals surface area contributed by atoms with Crippen LogP contribution in [0.5, 0.6) is 0 Å². The molecule has 1 aliphatic heterocycles. The molecule has 0 radical (unpaired) electrons. The molecule has 1 saturated heterocycles. The zero-order valence-electron chi connectivity index (χ0n) is 20.1. The second-order valence-electron chi connectivity index (χ2n) is 9.27. The lowest BCUT2D eigenvalue weighted by molar-refractivity contribution is -0.143. The molecule has 5 atom stereocenters. The third-order valence-corrected chi connectivity index (χ3v) is 6.72. The summed E-state index contributed by atoms with van der Waals surface area (Å²) in [6, 6.07) is 18.1. The van der Waals surface area contributed by atoms with E-state index in [4.69, 9.17) is 10.5 Å². The van der Waals surface area contributed by atoms with Crippen molar-refractivity contribution in [1.82, 2.24) is 10.2 Å². The molecular formula is C27H37N3O4. The molecule has 5 unspecified atom stereocenters. The summed E-state index contributed by atoms with van der Waals surface area (Å²) < 4.78 is 5.45. The van der Waals surface area contributed by atoms with Gasteiger partial charge in [-0.15, -0.1) is 0 Å². The Balaban J connectivity index is 1.79. The number of carbonyl (C=O) groups is 2.